The lowest BCUT2D eigenvalue weighted by molar-refractivity contribution is -0.161. The topological polar surface area (TPSA) is 85.4 Å². The summed E-state index contributed by atoms with van der Waals surface area (Å²) < 4.78 is 16.6. The Balaban J connectivity index is 1.54. The molecule has 3 aromatic carbocycles. The molecule has 2 atom stereocenters. The summed E-state index contributed by atoms with van der Waals surface area (Å²) in [5.74, 6) is 0.252. The van der Waals surface area contributed by atoms with E-state index in [9.17, 15) is 14.4 Å². The van der Waals surface area contributed by atoms with E-state index in [1.807, 2.05) is 39.0 Å². The van der Waals surface area contributed by atoms with Crippen LogP contribution in [-0.2, 0) is 26.3 Å². The Labute approximate surface area is 274 Å². The van der Waals surface area contributed by atoms with Crippen molar-refractivity contribution in [2.45, 2.75) is 70.6 Å². The summed E-state index contributed by atoms with van der Waals surface area (Å²) in [6.07, 6.45) is 2.11. The molecule has 0 aromatic heterocycles. The molecule has 238 valence electrons. The Morgan fingerprint density at radius 3 is 2.40 bits per heavy atom. The molecule has 8 nitrogen and oxygen atoms in total. The lowest BCUT2D eigenvalue weighted by Crippen LogP contribution is -2.50. The quantitative estimate of drug-likeness (QED) is 0.251. The fourth-order valence-electron chi connectivity index (χ4n) is 6.21. The average Bonchev–Trinajstić information content (AvgIpc) is 3.21. The molecule has 2 aliphatic rings. The maximum absolute atomic E-state index is 14.5. The standard InChI is InChI=1S/C35H38Cl2N2O6/c1-34(2,3)45-32(41)29-9-7-8-16-38(29)31(40)21-11-14-27(37)25(17-21)35(4)26-18-23(36)12-15-28(26)39(33(35)42)20-22-10-13-24(43-5)19-30(22)44-6/h10-15,17-19,29H,7-9,16,20H2,1-6H3/t29-,35?/m1/s1. The smallest absolute Gasteiger partial charge is 0.329 e. The van der Waals surface area contributed by atoms with Crippen LogP contribution in [0.15, 0.2) is 54.6 Å². The van der Waals surface area contributed by atoms with Crippen LogP contribution >= 0.6 is 23.2 Å². The van der Waals surface area contributed by atoms with E-state index in [-0.39, 0.29) is 18.4 Å². The van der Waals surface area contributed by atoms with E-state index >= 15 is 0 Å². The van der Waals surface area contributed by atoms with Crippen molar-refractivity contribution in [1.29, 1.82) is 0 Å². The number of rotatable bonds is 7. The summed E-state index contributed by atoms with van der Waals surface area (Å²) >= 11 is 13.3. The number of likely N-dealkylation sites (tertiary alicyclic amines) is 1. The van der Waals surface area contributed by atoms with E-state index < -0.39 is 23.0 Å². The molecular weight excluding hydrogens is 615 g/mol. The van der Waals surface area contributed by atoms with Crippen LogP contribution in [0.25, 0.3) is 0 Å². The van der Waals surface area contributed by atoms with Crippen molar-refractivity contribution >= 4 is 46.7 Å². The first kappa shape index (κ1) is 32.6. The van der Waals surface area contributed by atoms with Gasteiger partial charge in [-0.3, -0.25) is 9.59 Å². The van der Waals surface area contributed by atoms with Gasteiger partial charge in [-0.05, 0) is 107 Å². The van der Waals surface area contributed by atoms with Crippen LogP contribution < -0.4 is 14.4 Å². The second-order valence-electron chi connectivity index (χ2n) is 12.6. The van der Waals surface area contributed by atoms with Crippen LogP contribution in [0, 0.1) is 0 Å². The van der Waals surface area contributed by atoms with Gasteiger partial charge < -0.3 is 24.0 Å². The van der Waals surface area contributed by atoms with E-state index in [0.717, 1.165) is 18.4 Å². The highest BCUT2D eigenvalue weighted by molar-refractivity contribution is 6.33. The first-order chi connectivity index (χ1) is 21.3. The third-order valence-corrected chi connectivity index (χ3v) is 9.04. The van der Waals surface area contributed by atoms with E-state index in [1.165, 1.54) is 0 Å². The lowest BCUT2D eigenvalue weighted by atomic mass is 9.76. The SMILES string of the molecule is COc1ccc(CN2C(=O)C(C)(c3cc(C(=O)N4CCCC[C@@H]4C(=O)OC(C)(C)C)ccc3Cl)c3cc(Cl)ccc32)c(OC)c1. The number of fused-ring (bicyclic) bond motifs is 1. The normalized spacial score (nSPS) is 19.7. The van der Waals surface area contributed by atoms with Gasteiger partial charge in [0.25, 0.3) is 5.91 Å². The molecule has 45 heavy (non-hydrogen) atoms. The molecule has 2 aliphatic heterocycles. The Kier molecular flexibility index (Phi) is 9.11. The zero-order valence-corrected chi connectivity index (χ0v) is 27.9. The van der Waals surface area contributed by atoms with Crippen molar-refractivity contribution in [3.8, 4) is 11.5 Å². The number of ether oxygens (including phenoxy) is 3. The molecule has 5 rings (SSSR count). The Bertz CT molecular complexity index is 1650. The summed E-state index contributed by atoms with van der Waals surface area (Å²) in [5.41, 5.74) is 0.994. The lowest BCUT2D eigenvalue weighted by Gasteiger charge is -2.36. The summed E-state index contributed by atoms with van der Waals surface area (Å²) in [7, 11) is 3.15. The van der Waals surface area contributed by atoms with Gasteiger partial charge in [0.05, 0.1) is 20.8 Å². The number of halogens is 2. The number of anilines is 1. The zero-order valence-electron chi connectivity index (χ0n) is 26.4. The first-order valence-electron chi connectivity index (χ1n) is 14.9. The zero-order chi connectivity index (χ0) is 32.7. The predicted octanol–water partition coefficient (Wildman–Crippen LogP) is 7.20. The van der Waals surface area contributed by atoms with Gasteiger partial charge in [0.15, 0.2) is 0 Å². The summed E-state index contributed by atoms with van der Waals surface area (Å²) in [5, 5.41) is 0.799. The van der Waals surface area contributed by atoms with Gasteiger partial charge >= 0.3 is 5.97 Å². The maximum atomic E-state index is 14.5. The van der Waals surface area contributed by atoms with Crippen LogP contribution in [0.2, 0.25) is 10.0 Å². The van der Waals surface area contributed by atoms with Crippen molar-refractivity contribution < 1.29 is 28.6 Å². The van der Waals surface area contributed by atoms with Gasteiger partial charge in [-0.2, -0.15) is 0 Å². The van der Waals surface area contributed by atoms with E-state index in [2.05, 4.69) is 0 Å². The van der Waals surface area contributed by atoms with Crippen molar-refractivity contribution in [2.24, 2.45) is 0 Å². The van der Waals surface area contributed by atoms with Gasteiger partial charge in [-0.25, -0.2) is 4.79 Å². The minimum absolute atomic E-state index is 0.220. The van der Waals surface area contributed by atoms with Gasteiger partial charge in [0, 0.05) is 39.5 Å². The Morgan fingerprint density at radius 1 is 0.956 bits per heavy atom. The van der Waals surface area contributed by atoms with Crippen LogP contribution in [-0.4, -0.2) is 55.1 Å². The fraction of sp³-hybridized carbons (Fsp3) is 0.400. The van der Waals surface area contributed by atoms with Gasteiger partial charge in [0.2, 0.25) is 5.91 Å². The Morgan fingerprint density at radius 2 is 1.71 bits per heavy atom. The molecule has 2 heterocycles. The molecule has 10 heteroatoms. The molecule has 1 fully saturated rings. The molecule has 0 saturated carbocycles. The molecule has 1 saturated heterocycles. The monoisotopic (exact) mass is 652 g/mol. The number of amides is 2. The van der Waals surface area contributed by atoms with Gasteiger partial charge in [-0.1, -0.05) is 23.2 Å². The number of hydrogen-bond donors (Lipinski definition) is 0. The Hall–Kier alpha value is -3.75. The third kappa shape index (κ3) is 6.23. The molecule has 2 amide bonds. The summed E-state index contributed by atoms with van der Waals surface area (Å²) in [6.45, 7) is 7.87. The number of nitrogens with zero attached hydrogens (tertiary/aromatic N) is 2. The van der Waals surface area contributed by atoms with Crippen LogP contribution in [0.1, 0.15) is 74.0 Å². The van der Waals surface area contributed by atoms with Crippen LogP contribution in [0.3, 0.4) is 0 Å². The number of benzene rings is 3. The van der Waals surface area contributed by atoms with Crippen molar-refractivity contribution in [1.82, 2.24) is 4.90 Å². The number of esters is 1. The second kappa shape index (κ2) is 12.6. The summed E-state index contributed by atoms with van der Waals surface area (Å²) in [4.78, 5) is 44.9. The molecule has 0 spiro atoms. The molecule has 0 radical (unpaired) electrons. The van der Waals surface area contributed by atoms with Gasteiger partial charge in [-0.15, -0.1) is 0 Å². The summed E-state index contributed by atoms with van der Waals surface area (Å²) in [6, 6.07) is 15.0. The van der Waals surface area contributed by atoms with Crippen LogP contribution in [0.5, 0.6) is 11.5 Å². The van der Waals surface area contributed by atoms with Crippen molar-refractivity contribution in [3.05, 3.63) is 86.9 Å². The fourth-order valence-corrected chi connectivity index (χ4v) is 6.68. The largest absolute Gasteiger partial charge is 0.497 e. The molecular formula is C35H38Cl2N2O6. The highest BCUT2D eigenvalue weighted by atomic mass is 35.5. The highest BCUT2D eigenvalue weighted by Crippen LogP contribution is 2.50. The third-order valence-electron chi connectivity index (χ3n) is 8.48. The number of piperidine rings is 1. The number of carbonyl (C=O) groups is 3. The van der Waals surface area contributed by atoms with E-state index in [0.29, 0.717) is 56.9 Å². The highest BCUT2D eigenvalue weighted by Gasteiger charge is 2.50. The minimum Gasteiger partial charge on any atom is -0.497 e. The number of carbonyl (C=O) groups excluding carboxylic acids is 3. The minimum atomic E-state index is -1.26. The van der Waals surface area contributed by atoms with E-state index in [4.69, 9.17) is 37.4 Å². The van der Waals surface area contributed by atoms with E-state index in [1.54, 1.807) is 67.3 Å². The van der Waals surface area contributed by atoms with Crippen LogP contribution in [0.4, 0.5) is 5.69 Å². The average molecular weight is 654 g/mol. The number of hydrogen-bond acceptors (Lipinski definition) is 6. The molecule has 1 unspecified atom stereocenters. The predicted molar refractivity (Wildman–Crippen MR) is 175 cm³/mol. The molecule has 3 aromatic rings. The van der Waals surface area contributed by atoms with Crippen molar-refractivity contribution in [3.63, 3.8) is 0 Å². The van der Waals surface area contributed by atoms with Crippen molar-refractivity contribution in [2.75, 3.05) is 25.7 Å². The number of methoxy groups -OCH3 is 2. The molecule has 0 aliphatic carbocycles. The molecule has 0 bridgehead atoms. The maximum Gasteiger partial charge on any atom is 0.329 e. The first-order valence-corrected chi connectivity index (χ1v) is 15.7. The molecule has 0 N–H and O–H groups in total. The second-order valence-corrected chi connectivity index (χ2v) is 13.4. The van der Waals surface area contributed by atoms with Gasteiger partial charge in [0.1, 0.15) is 28.6 Å².